The van der Waals surface area contributed by atoms with Crippen molar-refractivity contribution in [3.05, 3.63) is 52.0 Å². The van der Waals surface area contributed by atoms with Crippen LogP contribution in [0.4, 0.5) is 30.2 Å². The lowest BCUT2D eigenvalue weighted by Gasteiger charge is -2.13. The molecule has 0 aliphatic rings. The van der Waals surface area contributed by atoms with Gasteiger partial charge in [0.05, 0.1) is 21.3 Å². The van der Waals surface area contributed by atoms with E-state index in [4.69, 9.17) is 28.9 Å². The van der Waals surface area contributed by atoms with Crippen LogP contribution in [0.15, 0.2) is 36.4 Å². The average Bonchev–Trinajstić information content (AvgIpc) is 2.33. The van der Waals surface area contributed by atoms with Gasteiger partial charge in [0.1, 0.15) is 0 Å². The molecule has 0 heterocycles. The summed E-state index contributed by atoms with van der Waals surface area (Å²) in [5, 5.41) is 3.22. The Hall–Kier alpha value is -1.59. The Bertz CT molecular complexity index is 619. The lowest BCUT2D eigenvalue weighted by molar-refractivity contribution is -0.137. The molecule has 3 N–H and O–H groups in total. The molecule has 2 aromatic carbocycles. The summed E-state index contributed by atoms with van der Waals surface area (Å²) in [6, 6.07) is 7.66. The van der Waals surface area contributed by atoms with Crippen LogP contribution in [-0.4, -0.2) is 0 Å². The number of nitrogens with two attached hydrogens (primary N) is 1. The first kappa shape index (κ1) is 14.8. The molecule has 7 heteroatoms. The highest BCUT2D eigenvalue weighted by Crippen LogP contribution is 2.36. The molecule has 0 atom stereocenters. The molecule has 20 heavy (non-hydrogen) atoms. The van der Waals surface area contributed by atoms with E-state index in [2.05, 4.69) is 5.32 Å². The molecule has 0 saturated heterocycles. The Morgan fingerprint density at radius 1 is 1.00 bits per heavy atom. The topological polar surface area (TPSA) is 38.0 Å². The minimum absolute atomic E-state index is 0.229. The van der Waals surface area contributed by atoms with Crippen molar-refractivity contribution in [2.45, 2.75) is 6.18 Å². The van der Waals surface area contributed by atoms with Crippen molar-refractivity contribution in [1.82, 2.24) is 0 Å². The maximum atomic E-state index is 12.6. The third kappa shape index (κ3) is 3.29. The Kier molecular flexibility index (Phi) is 4.01. The minimum atomic E-state index is -4.41. The van der Waals surface area contributed by atoms with Gasteiger partial charge < -0.3 is 11.1 Å². The molecule has 0 spiro atoms. The molecule has 2 aromatic rings. The molecule has 106 valence electrons. The quantitative estimate of drug-likeness (QED) is 0.733. The van der Waals surface area contributed by atoms with Crippen molar-refractivity contribution in [3.8, 4) is 0 Å². The largest absolute Gasteiger partial charge is 0.416 e. The fourth-order valence-corrected chi connectivity index (χ4v) is 2.23. The van der Waals surface area contributed by atoms with Crippen LogP contribution in [0.1, 0.15) is 5.56 Å². The Labute approximate surface area is 123 Å². The van der Waals surface area contributed by atoms with Crippen LogP contribution in [0.3, 0.4) is 0 Å². The van der Waals surface area contributed by atoms with Crippen LogP contribution in [-0.2, 0) is 6.18 Å². The van der Waals surface area contributed by atoms with Crippen LogP contribution in [0.25, 0.3) is 0 Å². The second-order valence-electron chi connectivity index (χ2n) is 4.06. The molecular weight excluding hydrogens is 312 g/mol. The zero-order valence-corrected chi connectivity index (χ0v) is 11.4. The molecule has 2 nitrogen and oxygen atoms in total. The summed E-state index contributed by atoms with van der Waals surface area (Å²) in [5.41, 5.74) is 5.71. The van der Waals surface area contributed by atoms with E-state index in [9.17, 15) is 13.2 Å². The van der Waals surface area contributed by atoms with Crippen molar-refractivity contribution in [2.24, 2.45) is 0 Å². The number of rotatable bonds is 2. The normalized spacial score (nSPS) is 11.4. The zero-order chi connectivity index (χ0) is 14.9. The standard InChI is InChI=1S/C13H9Cl2F3N2/c14-10-5-8(19)6-11(15)12(10)20-9-3-1-2-7(4-9)13(16,17)18/h1-6,20H,19H2. The minimum Gasteiger partial charge on any atom is -0.399 e. The molecule has 0 bridgehead atoms. The number of nitrogens with one attached hydrogen (secondary N) is 1. The second-order valence-corrected chi connectivity index (χ2v) is 4.88. The van der Waals surface area contributed by atoms with Gasteiger partial charge in [-0.2, -0.15) is 13.2 Å². The predicted molar refractivity (Wildman–Crippen MR) is 75.6 cm³/mol. The molecule has 0 unspecified atom stereocenters. The van der Waals surface area contributed by atoms with Gasteiger partial charge in [0.2, 0.25) is 0 Å². The summed E-state index contributed by atoms with van der Waals surface area (Å²) in [6.45, 7) is 0. The summed E-state index contributed by atoms with van der Waals surface area (Å²) in [5.74, 6) is 0. The van der Waals surface area contributed by atoms with Crippen molar-refractivity contribution in [3.63, 3.8) is 0 Å². The lowest BCUT2D eigenvalue weighted by Crippen LogP contribution is -2.05. The van der Waals surface area contributed by atoms with E-state index in [0.29, 0.717) is 11.4 Å². The van der Waals surface area contributed by atoms with Gasteiger partial charge >= 0.3 is 6.18 Å². The van der Waals surface area contributed by atoms with Gasteiger partial charge in [-0.1, -0.05) is 29.3 Å². The first-order valence-corrected chi connectivity index (χ1v) is 6.22. The third-order valence-electron chi connectivity index (χ3n) is 2.52. The van der Waals surface area contributed by atoms with E-state index in [0.717, 1.165) is 12.1 Å². The van der Waals surface area contributed by atoms with Crippen molar-refractivity contribution in [2.75, 3.05) is 11.1 Å². The highest BCUT2D eigenvalue weighted by Gasteiger charge is 2.30. The summed E-state index contributed by atoms with van der Waals surface area (Å²) in [6.07, 6.45) is -4.41. The van der Waals surface area contributed by atoms with E-state index >= 15 is 0 Å². The van der Waals surface area contributed by atoms with Gasteiger partial charge in [-0.15, -0.1) is 0 Å². The number of alkyl halides is 3. The van der Waals surface area contributed by atoms with E-state index < -0.39 is 11.7 Å². The summed E-state index contributed by atoms with van der Waals surface area (Å²) in [7, 11) is 0. The van der Waals surface area contributed by atoms with Crippen molar-refractivity contribution in [1.29, 1.82) is 0 Å². The van der Waals surface area contributed by atoms with Crippen LogP contribution < -0.4 is 11.1 Å². The second kappa shape index (κ2) is 5.42. The summed E-state index contributed by atoms with van der Waals surface area (Å²) >= 11 is 11.9. The van der Waals surface area contributed by atoms with Gasteiger partial charge in [0.15, 0.2) is 0 Å². The molecule has 0 amide bonds. The van der Waals surface area contributed by atoms with E-state index in [1.807, 2.05) is 0 Å². The summed E-state index contributed by atoms with van der Waals surface area (Å²) in [4.78, 5) is 0. The zero-order valence-electron chi connectivity index (χ0n) is 9.93. The third-order valence-corrected chi connectivity index (χ3v) is 3.12. The lowest BCUT2D eigenvalue weighted by atomic mass is 10.2. The summed E-state index contributed by atoms with van der Waals surface area (Å²) < 4.78 is 37.9. The van der Waals surface area contributed by atoms with Gasteiger partial charge in [0.25, 0.3) is 0 Å². The molecule has 0 radical (unpaired) electrons. The molecule has 0 aliphatic heterocycles. The predicted octanol–water partition coefficient (Wildman–Crippen LogP) is 5.34. The van der Waals surface area contributed by atoms with Crippen LogP contribution >= 0.6 is 23.2 Å². The van der Waals surface area contributed by atoms with E-state index in [-0.39, 0.29) is 15.7 Å². The Morgan fingerprint density at radius 2 is 1.60 bits per heavy atom. The van der Waals surface area contributed by atoms with Crippen molar-refractivity contribution >= 4 is 40.3 Å². The molecule has 0 aliphatic carbocycles. The highest BCUT2D eigenvalue weighted by atomic mass is 35.5. The number of halogens is 5. The smallest absolute Gasteiger partial charge is 0.399 e. The number of hydrogen-bond acceptors (Lipinski definition) is 2. The van der Waals surface area contributed by atoms with Gasteiger partial charge in [0, 0.05) is 11.4 Å². The van der Waals surface area contributed by atoms with Crippen molar-refractivity contribution < 1.29 is 13.2 Å². The number of hydrogen-bond donors (Lipinski definition) is 2. The first-order chi connectivity index (χ1) is 9.27. The molecular formula is C13H9Cl2F3N2. The van der Waals surface area contributed by atoms with E-state index in [1.165, 1.54) is 24.3 Å². The van der Waals surface area contributed by atoms with Gasteiger partial charge in [-0.25, -0.2) is 0 Å². The number of nitrogen functional groups attached to an aromatic ring is 1. The SMILES string of the molecule is Nc1cc(Cl)c(Nc2cccc(C(F)(F)F)c2)c(Cl)c1. The maximum Gasteiger partial charge on any atom is 0.416 e. The van der Waals surface area contributed by atoms with Crippen LogP contribution in [0, 0.1) is 0 Å². The first-order valence-electron chi connectivity index (χ1n) is 5.46. The Balaban J connectivity index is 2.36. The highest BCUT2D eigenvalue weighted by molar-refractivity contribution is 6.39. The maximum absolute atomic E-state index is 12.6. The van der Waals surface area contributed by atoms with Gasteiger partial charge in [-0.05, 0) is 30.3 Å². The van der Waals surface area contributed by atoms with Crippen LogP contribution in [0.2, 0.25) is 10.0 Å². The monoisotopic (exact) mass is 320 g/mol. The van der Waals surface area contributed by atoms with Crippen LogP contribution in [0.5, 0.6) is 0 Å². The Morgan fingerprint density at radius 3 is 2.15 bits per heavy atom. The molecule has 2 rings (SSSR count). The molecule has 0 saturated carbocycles. The van der Waals surface area contributed by atoms with E-state index in [1.54, 1.807) is 0 Å². The fraction of sp³-hybridized carbons (Fsp3) is 0.0769. The number of anilines is 3. The van der Waals surface area contributed by atoms with Gasteiger partial charge in [-0.3, -0.25) is 0 Å². The number of benzene rings is 2. The molecule has 0 aromatic heterocycles. The average molecular weight is 321 g/mol. The fourth-order valence-electron chi connectivity index (χ4n) is 1.63. The molecule has 0 fully saturated rings.